The summed E-state index contributed by atoms with van der Waals surface area (Å²) in [5, 5.41) is 2.81. The molecule has 0 bridgehead atoms. The third-order valence-electron chi connectivity index (χ3n) is 3.14. The van der Waals surface area contributed by atoms with Crippen LogP contribution < -0.4 is 5.32 Å². The molecule has 1 fully saturated rings. The summed E-state index contributed by atoms with van der Waals surface area (Å²) in [6.07, 6.45) is 6.66. The molecule has 0 aliphatic heterocycles. The maximum atomic E-state index is 11.9. The summed E-state index contributed by atoms with van der Waals surface area (Å²) in [6.45, 7) is 0.294. The fraction of sp³-hybridized carbons (Fsp3) is 0.833. The molecule has 5 heteroatoms. The number of methoxy groups -OCH3 is 1. The summed E-state index contributed by atoms with van der Waals surface area (Å²) in [4.78, 5) is 22.6. The molecule has 1 unspecified atom stereocenters. The van der Waals surface area contributed by atoms with Crippen LogP contribution in [-0.4, -0.2) is 30.4 Å². The second-order valence-corrected chi connectivity index (χ2v) is 5.53. The van der Waals surface area contributed by atoms with Gasteiger partial charge in [0, 0.05) is 12.5 Å². The van der Waals surface area contributed by atoms with Gasteiger partial charge in [0.1, 0.15) is 4.83 Å². The molecule has 4 nitrogen and oxygen atoms in total. The molecular weight excluding hydrogens is 286 g/mol. The third-order valence-corrected chi connectivity index (χ3v) is 3.84. The average Bonchev–Trinajstić information content (AvgIpc) is 2.63. The first-order chi connectivity index (χ1) is 8.15. The quantitative estimate of drug-likeness (QED) is 0.491. The molecule has 1 atom stereocenters. The lowest BCUT2D eigenvalue weighted by Crippen LogP contribution is -2.37. The summed E-state index contributed by atoms with van der Waals surface area (Å²) in [7, 11) is 1.34. The van der Waals surface area contributed by atoms with Gasteiger partial charge in [0.2, 0.25) is 5.91 Å². The molecule has 0 aromatic rings. The van der Waals surface area contributed by atoms with Crippen LogP contribution in [0.2, 0.25) is 0 Å². The Labute approximate surface area is 111 Å². The van der Waals surface area contributed by atoms with Gasteiger partial charge < -0.3 is 10.1 Å². The number of halogens is 1. The van der Waals surface area contributed by atoms with E-state index < -0.39 is 4.83 Å². The fourth-order valence-electron chi connectivity index (χ4n) is 2.09. The van der Waals surface area contributed by atoms with E-state index in [-0.39, 0.29) is 17.8 Å². The molecule has 1 N–H and O–H groups in total. The molecule has 1 saturated carbocycles. The van der Waals surface area contributed by atoms with Crippen molar-refractivity contribution in [3.05, 3.63) is 0 Å². The van der Waals surface area contributed by atoms with Gasteiger partial charge in [-0.3, -0.25) is 9.59 Å². The minimum absolute atomic E-state index is 0.0697. The number of hydrogen-bond donors (Lipinski definition) is 1. The predicted octanol–water partition coefficient (Wildman–Crippen LogP) is 2.01. The lowest BCUT2D eigenvalue weighted by molar-refractivity contribution is -0.139. The van der Waals surface area contributed by atoms with E-state index >= 15 is 0 Å². The van der Waals surface area contributed by atoms with Crippen molar-refractivity contribution in [1.82, 2.24) is 5.32 Å². The largest absolute Gasteiger partial charge is 0.468 e. The molecule has 0 spiro atoms. The van der Waals surface area contributed by atoms with Crippen LogP contribution in [0, 0.1) is 5.92 Å². The van der Waals surface area contributed by atoms with Gasteiger partial charge in [0.15, 0.2) is 0 Å². The van der Waals surface area contributed by atoms with E-state index in [2.05, 4.69) is 26.0 Å². The number of esters is 1. The van der Waals surface area contributed by atoms with Crippen LogP contribution in [0.1, 0.15) is 38.5 Å². The standard InChI is InChI=1S/C12H20BrNO3/c1-17-12(16)10(13)8-14-11(15)9-6-4-2-3-5-7-9/h9-10H,2-8H2,1H3,(H,14,15). The molecule has 1 aliphatic carbocycles. The molecule has 1 rings (SSSR count). The summed E-state index contributed by atoms with van der Waals surface area (Å²) in [6, 6.07) is 0. The molecular formula is C12H20BrNO3. The number of nitrogens with one attached hydrogen (secondary N) is 1. The molecule has 0 heterocycles. The first-order valence-electron chi connectivity index (χ1n) is 6.14. The Balaban J connectivity index is 2.30. The molecule has 0 saturated heterocycles. The number of amides is 1. The zero-order chi connectivity index (χ0) is 12.7. The molecule has 98 valence electrons. The van der Waals surface area contributed by atoms with E-state index in [1.165, 1.54) is 20.0 Å². The van der Waals surface area contributed by atoms with E-state index in [1.54, 1.807) is 0 Å². The first-order valence-corrected chi connectivity index (χ1v) is 7.06. The predicted molar refractivity (Wildman–Crippen MR) is 68.9 cm³/mol. The lowest BCUT2D eigenvalue weighted by atomic mass is 9.99. The molecule has 1 amide bonds. The van der Waals surface area contributed by atoms with Crippen molar-refractivity contribution >= 4 is 27.8 Å². The van der Waals surface area contributed by atoms with Gasteiger partial charge in [-0.25, -0.2) is 0 Å². The minimum atomic E-state index is -0.456. The maximum absolute atomic E-state index is 11.9. The van der Waals surface area contributed by atoms with E-state index in [0.29, 0.717) is 6.54 Å². The smallest absolute Gasteiger partial charge is 0.321 e. The lowest BCUT2D eigenvalue weighted by Gasteiger charge is -2.15. The zero-order valence-corrected chi connectivity index (χ0v) is 11.8. The summed E-state index contributed by atoms with van der Waals surface area (Å²) < 4.78 is 4.57. The average molecular weight is 306 g/mol. The Morgan fingerprint density at radius 2 is 1.88 bits per heavy atom. The van der Waals surface area contributed by atoms with Gasteiger partial charge >= 0.3 is 5.97 Å². The van der Waals surface area contributed by atoms with E-state index in [1.807, 2.05) is 0 Å². The van der Waals surface area contributed by atoms with Crippen molar-refractivity contribution in [2.75, 3.05) is 13.7 Å². The normalized spacial score (nSPS) is 19.2. The second-order valence-electron chi connectivity index (χ2n) is 4.42. The van der Waals surface area contributed by atoms with Crippen LogP contribution in [0.5, 0.6) is 0 Å². The highest BCUT2D eigenvalue weighted by atomic mass is 79.9. The topological polar surface area (TPSA) is 55.4 Å². The minimum Gasteiger partial charge on any atom is -0.468 e. The van der Waals surface area contributed by atoms with Gasteiger partial charge in [-0.15, -0.1) is 0 Å². The van der Waals surface area contributed by atoms with E-state index in [4.69, 9.17) is 0 Å². The fourth-order valence-corrected chi connectivity index (χ4v) is 2.44. The van der Waals surface area contributed by atoms with Crippen molar-refractivity contribution in [1.29, 1.82) is 0 Å². The van der Waals surface area contributed by atoms with Crippen molar-refractivity contribution < 1.29 is 14.3 Å². The van der Waals surface area contributed by atoms with Crippen molar-refractivity contribution in [3.8, 4) is 0 Å². The molecule has 1 aliphatic rings. The Hall–Kier alpha value is -0.580. The van der Waals surface area contributed by atoms with Crippen LogP contribution in [0.4, 0.5) is 0 Å². The monoisotopic (exact) mass is 305 g/mol. The number of rotatable bonds is 4. The van der Waals surface area contributed by atoms with Gasteiger partial charge in [-0.05, 0) is 12.8 Å². The van der Waals surface area contributed by atoms with Gasteiger partial charge in [-0.2, -0.15) is 0 Å². The Morgan fingerprint density at radius 3 is 2.41 bits per heavy atom. The summed E-state index contributed by atoms with van der Waals surface area (Å²) in [5.41, 5.74) is 0. The van der Waals surface area contributed by atoms with Crippen molar-refractivity contribution in [2.45, 2.75) is 43.4 Å². The first kappa shape index (κ1) is 14.5. The number of ether oxygens (including phenoxy) is 1. The molecule has 0 aromatic heterocycles. The van der Waals surface area contributed by atoms with Crippen molar-refractivity contribution in [3.63, 3.8) is 0 Å². The van der Waals surface area contributed by atoms with E-state index in [9.17, 15) is 9.59 Å². The van der Waals surface area contributed by atoms with Crippen LogP contribution in [0.25, 0.3) is 0 Å². The summed E-state index contributed by atoms with van der Waals surface area (Å²) >= 11 is 3.18. The second kappa shape index (κ2) is 7.69. The Kier molecular flexibility index (Phi) is 6.55. The van der Waals surface area contributed by atoms with Crippen LogP contribution in [-0.2, 0) is 14.3 Å². The number of carbonyl (C=O) groups is 2. The highest BCUT2D eigenvalue weighted by molar-refractivity contribution is 9.10. The number of carbonyl (C=O) groups excluding carboxylic acids is 2. The van der Waals surface area contributed by atoms with Crippen LogP contribution >= 0.6 is 15.9 Å². The van der Waals surface area contributed by atoms with Gasteiger partial charge in [0.05, 0.1) is 7.11 Å². The van der Waals surface area contributed by atoms with Crippen molar-refractivity contribution in [2.24, 2.45) is 5.92 Å². The van der Waals surface area contributed by atoms with Crippen LogP contribution in [0.3, 0.4) is 0 Å². The maximum Gasteiger partial charge on any atom is 0.321 e. The van der Waals surface area contributed by atoms with Gasteiger partial charge in [0.25, 0.3) is 0 Å². The van der Waals surface area contributed by atoms with Crippen LogP contribution in [0.15, 0.2) is 0 Å². The molecule has 0 aromatic carbocycles. The Morgan fingerprint density at radius 1 is 1.29 bits per heavy atom. The van der Waals surface area contributed by atoms with Gasteiger partial charge in [-0.1, -0.05) is 41.6 Å². The summed E-state index contributed by atoms with van der Waals surface area (Å²) in [5.74, 6) is -0.165. The number of alkyl halides is 1. The molecule has 17 heavy (non-hydrogen) atoms. The highest BCUT2D eigenvalue weighted by Crippen LogP contribution is 2.22. The zero-order valence-electron chi connectivity index (χ0n) is 10.2. The third kappa shape index (κ3) is 5.06. The van der Waals surface area contributed by atoms with E-state index in [0.717, 1.165) is 25.7 Å². The number of hydrogen-bond acceptors (Lipinski definition) is 3. The molecule has 0 radical (unpaired) electrons. The SMILES string of the molecule is COC(=O)C(Br)CNC(=O)C1CCCCCC1. The Bertz CT molecular complexity index is 262. The highest BCUT2D eigenvalue weighted by Gasteiger charge is 2.22.